The fraction of sp³-hybridized carbons (Fsp3) is 0.417. The van der Waals surface area contributed by atoms with Gasteiger partial charge in [0.05, 0.1) is 22.6 Å². The smallest absolute Gasteiger partial charge is 0.156 e. The van der Waals surface area contributed by atoms with Crippen LogP contribution in [0.1, 0.15) is 24.1 Å². The normalized spacial score (nSPS) is 27.3. The van der Waals surface area contributed by atoms with Crippen molar-refractivity contribution >= 4 is 9.84 Å². The minimum absolute atomic E-state index is 0.100. The first kappa shape index (κ1) is 12.1. The van der Waals surface area contributed by atoms with Crippen LogP contribution >= 0.6 is 0 Å². The Hall–Kier alpha value is -1.38. The van der Waals surface area contributed by atoms with E-state index in [1.807, 2.05) is 6.07 Å². The molecule has 0 radical (unpaired) electrons. The van der Waals surface area contributed by atoms with Crippen LogP contribution in [0.3, 0.4) is 0 Å². The number of sulfone groups is 1. The Bertz CT molecular complexity index is 560. The maximum Gasteiger partial charge on any atom is 0.156 e. The number of benzene rings is 1. The lowest BCUT2D eigenvalue weighted by Crippen LogP contribution is -2.44. The van der Waals surface area contributed by atoms with Crippen LogP contribution in [-0.4, -0.2) is 26.0 Å². The topological polar surface area (TPSA) is 70.0 Å². The Morgan fingerprint density at radius 1 is 1.47 bits per heavy atom. The molecule has 1 aliphatic rings. The number of rotatable bonds is 1. The van der Waals surface area contributed by atoms with Gasteiger partial charge in [0.25, 0.3) is 0 Å². The van der Waals surface area contributed by atoms with Gasteiger partial charge in [-0.05, 0) is 24.6 Å². The fourth-order valence-electron chi connectivity index (χ4n) is 1.93. The van der Waals surface area contributed by atoms with Gasteiger partial charge in [0, 0.05) is 12.6 Å². The molecular formula is C12H14N2O2S. The van der Waals surface area contributed by atoms with E-state index in [9.17, 15) is 8.42 Å². The molecule has 1 heterocycles. The van der Waals surface area contributed by atoms with Gasteiger partial charge in [-0.2, -0.15) is 5.26 Å². The maximum absolute atomic E-state index is 11.8. The Morgan fingerprint density at radius 2 is 2.24 bits per heavy atom. The molecule has 0 spiro atoms. The molecule has 1 N–H and O–H groups in total. The van der Waals surface area contributed by atoms with Gasteiger partial charge in [0.15, 0.2) is 9.84 Å². The molecule has 90 valence electrons. The lowest BCUT2D eigenvalue weighted by atomic mass is 10.1. The van der Waals surface area contributed by atoms with Gasteiger partial charge < -0.3 is 5.32 Å². The lowest BCUT2D eigenvalue weighted by molar-refractivity contribution is 0.502. The molecule has 1 aliphatic heterocycles. The molecule has 1 aromatic carbocycles. The van der Waals surface area contributed by atoms with E-state index in [0.717, 1.165) is 5.56 Å². The fourth-order valence-corrected chi connectivity index (χ4v) is 3.38. The van der Waals surface area contributed by atoms with Crippen molar-refractivity contribution in [3.8, 4) is 6.07 Å². The van der Waals surface area contributed by atoms with Crippen molar-refractivity contribution < 1.29 is 8.42 Å². The zero-order valence-electron chi connectivity index (χ0n) is 9.55. The zero-order valence-corrected chi connectivity index (χ0v) is 10.4. The zero-order chi connectivity index (χ0) is 12.5. The van der Waals surface area contributed by atoms with E-state index in [4.69, 9.17) is 5.26 Å². The first-order chi connectivity index (χ1) is 8.03. The molecule has 1 aromatic rings. The van der Waals surface area contributed by atoms with E-state index >= 15 is 0 Å². The van der Waals surface area contributed by atoms with Crippen molar-refractivity contribution in [2.75, 3.05) is 12.3 Å². The third-order valence-corrected chi connectivity index (χ3v) is 5.27. The molecule has 4 nitrogen and oxygen atoms in total. The van der Waals surface area contributed by atoms with E-state index in [1.54, 1.807) is 25.1 Å². The van der Waals surface area contributed by atoms with E-state index in [-0.39, 0.29) is 17.0 Å². The summed E-state index contributed by atoms with van der Waals surface area (Å²) in [4.78, 5) is 0. The van der Waals surface area contributed by atoms with Crippen molar-refractivity contribution in [3.05, 3.63) is 35.4 Å². The average Bonchev–Trinajstić information content (AvgIpc) is 2.32. The summed E-state index contributed by atoms with van der Waals surface area (Å²) < 4.78 is 23.6. The van der Waals surface area contributed by atoms with Gasteiger partial charge in [-0.25, -0.2) is 8.42 Å². The summed E-state index contributed by atoms with van der Waals surface area (Å²) in [5.41, 5.74) is 1.42. The summed E-state index contributed by atoms with van der Waals surface area (Å²) in [7, 11) is -3.02. The second-order valence-electron chi connectivity index (χ2n) is 4.34. The number of hydrogen-bond donors (Lipinski definition) is 1. The van der Waals surface area contributed by atoms with Gasteiger partial charge in [-0.3, -0.25) is 0 Å². The van der Waals surface area contributed by atoms with Crippen molar-refractivity contribution in [2.45, 2.75) is 18.2 Å². The molecule has 2 atom stereocenters. The van der Waals surface area contributed by atoms with Crippen molar-refractivity contribution in [2.24, 2.45) is 0 Å². The number of nitrogens with one attached hydrogen (secondary N) is 1. The molecule has 0 bridgehead atoms. The van der Waals surface area contributed by atoms with Crippen molar-refractivity contribution in [1.29, 1.82) is 5.26 Å². The van der Waals surface area contributed by atoms with Gasteiger partial charge in [0.2, 0.25) is 0 Å². The first-order valence-corrected chi connectivity index (χ1v) is 7.19. The highest BCUT2D eigenvalue weighted by molar-refractivity contribution is 7.92. The molecular weight excluding hydrogens is 236 g/mol. The van der Waals surface area contributed by atoms with Crippen LogP contribution in [0.2, 0.25) is 0 Å². The molecule has 2 unspecified atom stereocenters. The summed E-state index contributed by atoms with van der Waals surface area (Å²) in [6.07, 6.45) is 0. The number of nitrogens with zero attached hydrogens (tertiary/aromatic N) is 1. The Balaban J connectivity index is 2.27. The summed E-state index contributed by atoms with van der Waals surface area (Å²) >= 11 is 0. The van der Waals surface area contributed by atoms with Crippen LogP contribution in [-0.2, 0) is 9.84 Å². The summed E-state index contributed by atoms with van der Waals surface area (Å²) in [5.74, 6) is 0.100. The first-order valence-electron chi connectivity index (χ1n) is 5.48. The van der Waals surface area contributed by atoms with Crippen LogP contribution in [0.25, 0.3) is 0 Å². The third-order valence-electron chi connectivity index (χ3n) is 3.08. The minimum Gasteiger partial charge on any atom is -0.308 e. The second-order valence-corrected chi connectivity index (χ2v) is 6.80. The van der Waals surface area contributed by atoms with Crippen LogP contribution < -0.4 is 5.32 Å². The van der Waals surface area contributed by atoms with Crippen LogP contribution in [0, 0.1) is 11.3 Å². The number of hydrogen-bond acceptors (Lipinski definition) is 4. The van der Waals surface area contributed by atoms with Crippen LogP contribution in [0.5, 0.6) is 0 Å². The molecule has 0 aromatic heterocycles. The van der Waals surface area contributed by atoms with Gasteiger partial charge in [-0.1, -0.05) is 12.1 Å². The summed E-state index contributed by atoms with van der Waals surface area (Å²) in [6, 6.07) is 8.93. The predicted octanol–water partition coefficient (Wildman–Crippen LogP) is 1.01. The molecule has 0 saturated carbocycles. The highest BCUT2D eigenvalue weighted by Crippen LogP contribution is 2.22. The Morgan fingerprint density at radius 3 is 2.88 bits per heavy atom. The van der Waals surface area contributed by atoms with Gasteiger partial charge >= 0.3 is 0 Å². The van der Waals surface area contributed by atoms with E-state index in [2.05, 4.69) is 11.4 Å². The maximum atomic E-state index is 11.8. The lowest BCUT2D eigenvalue weighted by Gasteiger charge is -2.28. The quantitative estimate of drug-likeness (QED) is 0.807. The summed E-state index contributed by atoms with van der Waals surface area (Å²) in [5, 5.41) is 11.7. The summed E-state index contributed by atoms with van der Waals surface area (Å²) in [6.45, 7) is 2.17. The molecule has 5 heteroatoms. The van der Waals surface area contributed by atoms with Crippen molar-refractivity contribution in [3.63, 3.8) is 0 Å². The largest absolute Gasteiger partial charge is 0.308 e. The monoisotopic (exact) mass is 250 g/mol. The van der Waals surface area contributed by atoms with Gasteiger partial charge in [-0.15, -0.1) is 0 Å². The third kappa shape index (κ3) is 2.48. The predicted molar refractivity (Wildman–Crippen MR) is 65.1 cm³/mol. The number of nitriles is 1. The molecule has 0 aliphatic carbocycles. The van der Waals surface area contributed by atoms with E-state index < -0.39 is 9.84 Å². The minimum atomic E-state index is -3.02. The Labute approximate surface area is 101 Å². The molecule has 17 heavy (non-hydrogen) atoms. The SMILES string of the molecule is CC1CNC(c2cccc(C#N)c2)CS1(=O)=O. The molecule has 2 rings (SSSR count). The van der Waals surface area contributed by atoms with Crippen molar-refractivity contribution in [1.82, 2.24) is 5.32 Å². The molecule has 1 fully saturated rings. The average molecular weight is 250 g/mol. The second kappa shape index (κ2) is 4.47. The van der Waals surface area contributed by atoms with Crippen LogP contribution in [0.15, 0.2) is 24.3 Å². The van der Waals surface area contributed by atoms with E-state index in [0.29, 0.717) is 12.1 Å². The standard InChI is InChI=1S/C12H14N2O2S/c1-9-7-14-12(8-17(9,15)16)11-4-2-3-10(5-11)6-13/h2-5,9,12,14H,7-8H2,1H3. The molecule has 1 saturated heterocycles. The highest BCUT2D eigenvalue weighted by Gasteiger charge is 2.31. The highest BCUT2D eigenvalue weighted by atomic mass is 32.2. The Kier molecular flexibility index (Phi) is 3.18. The molecule has 0 amide bonds. The van der Waals surface area contributed by atoms with E-state index in [1.165, 1.54) is 0 Å². The van der Waals surface area contributed by atoms with Crippen LogP contribution in [0.4, 0.5) is 0 Å². The van der Waals surface area contributed by atoms with Gasteiger partial charge in [0.1, 0.15) is 0 Å².